The molecule has 1 saturated heterocycles. The van der Waals surface area contributed by atoms with Crippen LogP contribution in [-0.4, -0.2) is 46.8 Å². The smallest absolute Gasteiger partial charge is 0.229 e. The molecule has 2 aromatic heterocycles. The number of nitrogens with zero attached hydrogens (tertiary/aromatic N) is 6. The minimum Gasteiger partial charge on any atom is -0.361 e. The van der Waals surface area contributed by atoms with Gasteiger partial charge in [-0.1, -0.05) is 5.16 Å². The number of rotatable bonds is 4. The summed E-state index contributed by atoms with van der Waals surface area (Å²) < 4.78 is 5.03. The van der Waals surface area contributed by atoms with Crippen LogP contribution >= 0.6 is 0 Å². The van der Waals surface area contributed by atoms with Gasteiger partial charge in [0.15, 0.2) is 11.6 Å². The fourth-order valence-electron chi connectivity index (χ4n) is 3.05. The number of nitriles is 1. The number of carbonyl (C=O) groups is 1. The summed E-state index contributed by atoms with van der Waals surface area (Å²) >= 11 is 0. The molecule has 2 aromatic rings. The van der Waals surface area contributed by atoms with Gasteiger partial charge in [-0.3, -0.25) is 4.79 Å². The van der Waals surface area contributed by atoms with Gasteiger partial charge >= 0.3 is 0 Å². The molecule has 0 saturated carbocycles. The lowest BCUT2D eigenvalue weighted by atomic mass is 10.1. The molecule has 25 heavy (non-hydrogen) atoms. The second-order valence-electron chi connectivity index (χ2n) is 6.31. The van der Waals surface area contributed by atoms with Crippen LogP contribution in [0.5, 0.6) is 0 Å². The quantitative estimate of drug-likeness (QED) is 0.833. The van der Waals surface area contributed by atoms with E-state index in [1.54, 1.807) is 11.8 Å². The average molecular weight is 340 g/mol. The summed E-state index contributed by atoms with van der Waals surface area (Å²) in [5.74, 6) is 1.13. The molecule has 3 heterocycles. The van der Waals surface area contributed by atoms with Crippen molar-refractivity contribution in [3.05, 3.63) is 34.8 Å². The minimum atomic E-state index is -0.0882. The molecule has 1 aliphatic rings. The summed E-state index contributed by atoms with van der Waals surface area (Å²) in [6.07, 6.45) is 1.82. The molecule has 0 spiro atoms. The summed E-state index contributed by atoms with van der Waals surface area (Å²) in [4.78, 5) is 16.4. The first-order valence-electron chi connectivity index (χ1n) is 8.17. The van der Waals surface area contributed by atoms with Crippen molar-refractivity contribution in [2.45, 2.75) is 32.2 Å². The van der Waals surface area contributed by atoms with Gasteiger partial charge in [-0.15, -0.1) is 5.10 Å². The third-order valence-electron chi connectivity index (χ3n) is 4.41. The van der Waals surface area contributed by atoms with Crippen molar-refractivity contribution in [1.82, 2.24) is 20.3 Å². The molecule has 1 unspecified atom stereocenters. The van der Waals surface area contributed by atoms with Gasteiger partial charge in [-0.25, -0.2) is 0 Å². The normalized spacial score (nSPS) is 16.7. The Bertz CT molecular complexity index is 806. The lowest BCUT2D eigenvalue weighted by Gasteiger charge is -2.24. The monoisotopic (exact) mass is 340 g/mol. The number of carbonyl (C=O) groups excluding carboxylic acids is 1. The predicted molar refractivity (Wildman–Crippen MR) is 89.7 cm³/mol. The Morgan fingerprint density at radius 3 is 2.88 bits per heavy atom. The molecule has 0 N–H and O–H groups in total. The van der Waals surface area contributed by atoms with Crippen molar-refractivity contribution in [2.75, 3.05) is 25.5 Å². The van der Waals surface area contributed by atoms with Gasteiger partial charge in [-0.05, 0) is 31.9 Å². The first kappa shape index (κ1) is 16.9. The Labute approximate surface area is 146 Å². The van der Waals surface area contributed by atoms with Crippen molar-refractivity contribution in [3.8, 4) is 6.07 Å². The molecule has 8 heteroatoms. The number of anilines is 1. The Kier molecular flexibility index (Phi) is 4.65. The maximum atomic E-state index is 12.7. The van der Waals surface area contributed by atoms with E-state index in [-0.39, 0.29) is 18.4 Å². The molecule has 130 valence electrons. The van der Waals surface area contributed by atoms with Crippen LogP contribution in [0.1, 0.15) is 41.6 Å². The molecule has 0 radical (unpaired) electrons. The van der Waals surface area contributed by atoms with E-state index in [0.29, 0.717) is 23.6 Å². The van der Waals surface area contributed by atoms with Crippen LogP contribution in [0.4, 0.5) is 5.82 Å². The zero-order valence-corrected chi connectivity index (χ0v) is 14.6. The standard InChI is InChI=1S/C17H20N6O2/c1-11-12(10-18)14(21-25-11)9-17(24)23-8-4-5-15(23)13-6-7-16(20-19-13)22(2)3/h6-7,15H,4-5,8-9H2,1-3H3. The highest BCUT2D eigenvalue weighted by atomic mass is 16.5. The molecular formula is C17H20N6O2. The van der Waals surface area contributed by atoms with Crippen LogP contribution in [0.2, 0.25) is 0 Å². The van der Waals surface area contributed by atoms with Gasteiger partial charge in [0.2, 0.25) is 5.91 Å². The van der Waals surface area contributed by atoms with Crippen LogP contribution in [0.3, 0.4) is 0 Å². The Balaban J connectivity index is 1.76. The third-order valence-corrected chi connectivity index (χ3v) is 4.41. The Hall–Kier alpha value is -2.95. The first-order chi connectivity index (χ1) is 12.0. The van der Waals surface area contributed by atoms with Gasteiger partial charge in [0, 0.05) is 20.6 Å². The fourth-order valence-corrected chi connectivity index (χ4v) is 3.05. The van der Waals surface area contributed by atoms with Crippen molar-refractivity contribution in [2.24, 2.45) is 0 Å². The molecule has 1 atom stereocenters. The van der Waals surface area contributed by atoms with E-state index >= 15 is 0 Å². The Morgan fingerprint density at radius 2 is 2.24 bits per heavy atom. The second-order valence-corrected chi connectivity index (χ2v) is 6.31. The van der Waals surface area contributed by atoms with Crippen LogP contribution in [0, 0.1) is 18.3 Å². The zero-order valence-electron chi connectivity index (χ0n) is 14.6. The fraction of sp³-hybridized carbons (Fsp3) is 0.471. The van der Waals surface area contributed by atoms with Crippen molar-refractivity contribution >= 4 is 11.7 Å². The lowest BCUT2D eigenvalue weighted by Crippen LogP contribution is -2.32. The average Bonchev–Trinajstić information content (AvgIpc) is 3.22. The molecule has 0 aliphatic carbocycles. The van der Waals surface area contributed by atoms with Crippen molar-refractivity contribution in [3.63, 3.8) is 0 Å². The van der Waals surface area contributed by atoms with Crippen LogP contribution in [0.15, 0.2) is 16.7 Å². The van der Waals surface area contributed by atoms with Gasteiger partial charge in [0.25, 0.3) is 0 Å². The predicted octanol–water partition coefficient (Wildman–Crippen LogP) is 1.62. The zero-order chi connectivity index (χ0) is 18.0. The SMILES string of the molecule is Cc1onc(CC(=O)N2CCCC2c2ccc(N(C)C)nn2)c1C#N. The highest BCUT2D eigenvalue weighted by molar-refractivity contribution is 5.79. The molecule has 3 rings (SSSR count). The van der Waals surface area contributed by atoms with Gasteiger partial charge in [0.05, 0.1) is 18.2 Å². The first-order valence-corrected chi connectivity index (χ1v) is 8.17. The van der Waals surface area contributed by atoms with E-state index < -0.39 is 0 Å². The molecule has 0 bridgehead atoms. The third kappa shape index (κ3) is 3.31. The summed E-state index contributed by atoms with van der Waals surface area (Å²) in [6, 6.07) is 5.77. The molecule has 1 aliphatic heterocycles. The summed E-state index contributed by atoms with van der Waals surface area (Å²) in [7, 11) is 3.81. The summed E-state index contributed by atoms with van der Waals surface area (Å²) in [5, 5.41) is 21.5. The van der Waals surface area contributed by atoms with E-state index in [9.17, 15) is 10.1 Å². The highest BCUT2D eigenvalue weighted by Gasteiger charge is 2.32. The highest BCUT2D eigenvalue weighted by Crippen LogP contribution is 2.31. The van der Waals surface area contributed by atoms with Crippen molar-refractivity contribution in [1.29, 1.82) is 5.26 Å². The molecule has 1 fully saturated rings. The van der Waals surface area contributed by atoms with E-state index in [1.165, 1.54) is 0 Å². The van der Waals surface area contributed by atoms with Crippen LogP contribution in [0.25, 0.3) is 0 Å². The van der Waals surface area contributed by atoms with Crippen LogP contribution < -0.4 is 4.90 Å². The maximum Gasteiger partial charge on any atom is 0.229 e. The van der Waals surface area contributed by atoms with Gasteiger partial charge < -0.3 is 14.3 Å². The maximum absolute atomic E-state index is 12.7. The summed E-state index contributed by atoms with van der Waals surface area (Å²) in [5.41, 5.74) is 1.53. The number of likely N-dealkylation sites (tertiary alicyclic amines) is 1. The minimum absolute atomic E-state index is 0.0555. The Morgan fingerprint density at radius 1 is 1.44 bits per heavy atom. The largest absolute Gasteiger partial charge is 0.361 e. The number of amides is 1. The van der Waals surface area contributed by atoms with E-state index in [1.807, 2.05) is 37.2 Å². The number of hydrogen-bond donors (Lipinski definition) is 0. The van der Waals surface area contributed by atoms with E-state index in [4.69, 9.17) is 4.52 Å². The molecule has 8 nitrogen and oxygen atoms in total. The lowest BCUT2D eigenvalue weighted by molar-refractivity contribution is -0.131. The number of aromatic nitrogens is 3. The molecule has 0 aromatic carbocycles. The van der Waals surface area contributed by atoms with Crippen LogP contribution in [-0.2, 0) is 11.2 Å². The van der Waals surface area contributed by atoms with Gasteiger partial charge in [0.1, 0.15) is 17.3 Å². The van der Waals surface area contributed by atoms with E-state index in [2.05, 4.69) is 15.4 Å². The number of aryl methyl sites for hydroxylation is 1. The van der Waals surface area contributed by atoms with Crippen molar-refractivity contribution < 1.29 is 9.32 Å². The van der Waals surface area contributed by atoms with E-state index in [0.717, 1.165) is 24.4 Å². The molecule has 1 amide bonds. The summed E-state index contributed by atoms with van der Waals surface area (Å²) in [6.45, 7) is 2.33. The topological polar surface area (TPSA) is 99.2 Å². The number of hydrogen-bond acceptors (Lipinski definition) is 7. The van der Waals surface area contributed by atoms with Gasteiger partial charge in [-0.2, -0.15) is 10.4 Å². The second kappa shape index (κ2) is 6.89. The molecular weight excluding hydrogens is 320 g/mol.